The number of nitrogens with zero attached hydrogens (tertiary/aromatic N) is 2. The zero-order valence-electron chi connectivity index (χ0n) is 20.1. The van der Waals surface area contributed by atoms with Gasteiger partial charge >= 0.3 is 17.7 Å². The van der Waals surface area contributed by atoms with Gasteiger partial charge in [-0.3, -0.25) is 19.8 Å². The average molecular weight is 525 g/mol. The van der Waals surface area contributed by atoms with Gasteiger partial charge in [0.15, 0.2) is 5.75 Å². The second-order valence-electron chi connectivity index (χ2n) is 7.88. The van der Waals surface area contributed by atoms with E-state index in [-0.39, 0.29) is 47.4 Å². The summed E-state index contributed by atoms with van der Waals surface area (Å²) in [5.41, 5.74) is 0.159. The zero-order chi connectivity index (χ0) is 27.4. The molecule has 38 heavy (non-hydrogen) atoms. The summed E-state index contributed by atoms with van der Waals surface area (Å²) in [5, 5.41) is 14.2. The Morgan fingerprint density at radius 3 is 2.55 bits per heavy atom. The third kappa shape index (κ3) is 5.46. The number of imide groups is 1. The smallest absolute Gasteiger partial charge is 0.373 e. The number of urea groups is 1. The molecule has 12 nitrogen and oxygen atoms in total. The Hall–Kier alpha value is -5.20. The van der Waals surface area contributed by atoms with Gasteiger partial charge in [-0.05, 0) is 47.5 Å². The standard InChI is InChI=1S/C25H20FN3O9/c1-35-21-11-15(10-19(29(33)34)22(21)37-13-14-3-5-16(26)6-4-14)9-18-23(30)28(25(32)27-18)12-17-7-8-20(38-17)24(31)36-2/h3-11H,12-13H2,1-2H3,(H,27,32)/b18-9-. The number of benzene rings is 2. The zero-order valence-corrected chi connectivity index (χ0v) is 20.1. The summed E-state index contributed by atoms with van der Waals surface area (Å²) in [6, 6.07) is 10.0. The first kappa shape index (κ1) is 25.9. The Morgan fingerprint density at radius 1 is 1.16 bits per heavy atom. The first-order valence-electron chi connectivity index (χ1n) is 11.0. The Morgan fingerprint density at radius 2 is 1.89 bits per heavy atom. The average Bonchev–Trinajstić information content (AvgIpc) is 3.48. The van der Waals surface area contributed by atoms with Crippen LogP contribution in [0.4, 0.5) is 14.9 Å². The van der Waals surface area contributed by atoms with Gasteiger partial charge in [-0.15, -0.1) is 0 Å². The fourth-order valence-corrected chi connectivity index (χ4v) is 3.57. The Bertz CT molecular complexity index is 1450. The van der Waals surface area contributed by atoms with Gasteiger partial charge in [0.05, 0.1) is 25.7 Å². The maximum atomic E-state index is 13.1. The number of hydrogen-bond donors (Lipinski definition) is 1. The van der Waals surface area contributed by atoms with Crippen LogP contribution in [-0.2, 0) is 22.7 Å². The summed E-state index contributed by atoms with van der Waals surface area (Å²) in [7, 11) is 2.47. The van der Waals surface area contributed by atoms with E-state index in [1.54, 1.807) is 0 Å². The second kappa shape index (κ2) is 10.8. The monoisotopic (exact) mass is 525 g/mol. The number of nitro benzene ring substituents is 1. The molecule has 0 bridgehead atoms. The molecule has 4 rings (SSSR count). The number of ether oxygens (including phenoxy) is 3. The van der Waals surface area contributed by atoms with Crippen LogP contribution in [0.2, 0.25) is 0 Å². The van der Waals surface area contributed by atoms with E-state index in [9.17, 15) is 28.9 Å². The third-order valence-electron chi connectivity index (χ3n) is 5.41. The Balaban J connectivity index is 1.57. The van der Waals surface area contributed by atoms with E-state index in [0.29, 0.717) is 5.56 Å². The van der Waals surface area contributed by atoms with Crippen molar-refractivity contribution in [3.05, 3.63) is 92.8 Å². The van der Waals surface area contributed by atoms with Gasteiger partial charge in [0.25, 0.3) is 5.91 Å². The van der Waals surface area contributed by atoms with Crippen LogP contribution in [0.1, 0.15) is 27.4 Å². The molecule has 13 heteroatoms. The molecular formula is C25H20FN3O9. The molecule has 2 heterocycles. The van der Waals surface area contributed by atoms with Crippen molar-refractivity contribution >= 4 is 29.7 Å². The normalized spacial score (nSPS) is 14.0. The molecule has 0 radical (unpaired) electrons. The molecule has 196 valence electrons. The maximum Gasteiger partial charge on any atom is 0.373 e. The minimum atomic E-state index is -0.752. The van der Waals surface area contributed by atoms with Crippen LogP contribution >= 0.6 is 0 Å². The SMILES string of the molecule is COC(=O)c1ccc(CN2C(=O)N/C(=C\c3cc(OC)c(OCc4ccc(F)cc4)c([N+](=O)[O-])c3)C2=O)o1. The van der Waals surface area contributed by atoms with E-state index in [1.165, 1.54) is 62.8 Å². The van der Waals surface area contributed by atoms with Gasteiger partial charge in [0.1, 0.15) is 23.9 Å². The predicted molar refractivity (Wildman–Crippen MR) is 127 cm³/mol. The lowest BCUT2D eigenvalue weighted by molar-refractivity contribution is -0.386. The highest BCUT2D eigenvalue weighted by molar-refractivity contribution is 6.13. The molecule has 1 saturated heterocycles. The molecule has 0 saturated carbocycles. The predicted octanol–water partition coefficient (Wildman–Crippen LogP) is 3.79. The van der Waals surface area contributed by atoms with Crippen molar-refractivity contribution in [1.29, 1.82) is 0 Å². The van der Waals surface area contributed by atoms with Crippen molar-refractivity contribution in [2.75, 3.05) is 14.2 Å². The van der Waals surface area contributed by atoms with Crippen LogP contribution < -0.4 is 14.8 Å². The highest BCUT2D eigenvalue weighted by atomic mass is 19.1. The van der Waals surface area contributed by atoms with E-state index in [1.807, 2.05) is 0 Å². The number of nitro groups is 1. The number of carbonyl (C=O) groups excluding carboxylic acids is 3. The molecule has 1 aliphatic rings. The Kier molecular flexibility index (Phi) is 7.37. The molecule has 1 aliphatic heterocycles. The largest absolute Gasteiger partial charge is 0.493 e. The third-order valence-corrected chi connectivity index (χ3v) is 5.41. The summed E-state index contributed by atoms with van der Waals surface area (Å²) in [5.74, 6) is -1.95. The first-order valence-corrected chi connectivity index (χ1v) is 11.0. The lowest BCUT2D eigenvalue weighted by Crippen LogP contribution is -2.30. The van der Waals surface area contributed by atoms with Crippen LogP contribution in [-0.4, -0.2) is 42.0 Å². The van der Waals surface area contributed by atoms with Crippen LogP contribution in [0, 0.1) is 15.9 Å². The molecule has 0 atom stereocenters. The molecule has 0 unspecified atom stereocenters. The molecule has 2 aromatic carbocycles. The van der Waals surface area contributed by atoms with Crippen LogP contribution in [0.3, 0.4) is 0 Å². The number of hydrogen-bond acceptors (Lipinski definition) is 9. The van der Waals surface area contributed by atoms with Crippen molar-refractivity contribution in [1.82, 2.24) is 10.2 Å². The fourth-order valence-electron chi connectivity index (χ4n) is 3.57. The van der Waals surface area contributed by atoms with Gasteiger partial charge in [0.2, 0.25) is 11.5 Å². The van der Waals surface area contributed by atoms with Gasteiger partial charge in [-0.1, -0.05) is 12.1 Å². The summed E-state index contributed by atoms with van der Waals surface area (Å²) in [4.78, 5) is 48.8. The molecule has 0 aliphatic carbocycles. The van der Waals surface area contributed by atoms with Crippen LogP contribution in [0.15, 0.2) is 58.6 Å². The highest BCUT2D eigenvalue weighted by Gasteiger charge is 2.35. The van der Waals surface area contributed by atoms with Gasteiger partial charge in [-0.25, -0.2) is 14.0 Å². The number of furan rings is 1. The minimum Gasteiger partial charge on any atom is -0.493 e. The van der Waals surface area contributed by atoms with Crippen LogP contribution in [0.25, 0.3) is 6.08 Å². The van der Waals surface area contributed by atoms with Crippen molar-refractivity contribution in [2.45, 2.75) is 13.2 Å². The fraction of sp³-hybridized carbons (Fsp3) is 0.160. The molecular weight excluding hydrogens is 505 g/mol. The van der Waals surface area contributed by atoms with E-state index in [0.717, 1.165) is 11.0 Å². The van der Waals surface area contributed by atoms with E-state index in [4.69, 9.17) is 13.9 Å². The van der Waals surface area contributed by atoms with Crippen molar-refractivity contribution in [3.8, 4) is 11.5 Å². The van der Waals surface area contributed by atoms with Crippen molar-refractivity contribution in [2.24, 2.45) is 0 Å². The number of nitrogens with one attached hydrogen (secondary N) is 1. The number of carbonyl (C=O) groups is 3. The molecule has 1 N–H and O–H groups in total. The number of methoxy groups -OCH3 is 2. The topological polar surface area (TPSA) is 150 Å². The van der Waals surface area contributed by atoms with E-state index in [2.05, 4.69) is 10.1 Å². The van der Waals surface area contributed by atoms with Gasteiger partial charge < -0.3 is 23.9 Å². The lowest BCUT2D eigenvalue weighted by Gasteiger charge is -2.12. The van der Waals surface area contributed by atoms with Gasteiger partial charge in [-0.2, -0.15) is 0 Å². The second-order valence-corrected chi connectivity index (χ2v) is 7.88. The minimum absolute atomic E-state index is 0.00714. The summed E-state index contributed by atoms with van der Waals surface area (Å²) in [6.07, 6.45) is 1.25. The number of amides is 3. The van der Waals surface area contributed by atoms with E-state index >= 15 is 0 Å². The van der Waals surface area contributed by atoms with Crippen molar-refractivity contribution < 1.29 is 42.3 Å². The molecule has 0 spiro atoms. The maximum absolute atomic E-state index is 13.1. The first-order chi connectivity index (χ1) is 18.2. The van der Waals surface area contributed by atoms with Gasteiger partial charge in [0, 0.05) is 6.07 Å². The Labute approximate surface area is 214 Å². The summed E-state index contributed by atoms with van der Waals surface area (Å²) in [6.45, 7) is -0.357. The molecule has 1 fully saturated rings. The van der Waals surface area contributed by atoms with E-state index < -0.39 is 34.3 Å². The molecule has 1 aromatic heterocycles. The number of esters is 1. The quantitative estimate of drug-likeness (QED) is 0.145. The lowest BCUT2D eigenvalue weighted by atomic mass is 10.1. The molecule has 3 amide bonds. The molecule has 3 aromatic rings. The summed E-state index contributed by atoms with van der Waals surface area (Å²) >= 11 is 0. The van der Waals surface area contributed by atoms with Crippen LogP contribution in [0.5, 0.6) is 11.5 Å². The summed E-state index contributed by atoms with van der Waals surface area (Å²) < 4.78 is 33.9. The number of halogens is 1. The number of rotatable bonds is 9. The van der Waals surface area contributed by atoms with Crippen molar-refractivity contribution in [3.63, 3.8) is 0 Å². The highest BCUT2D eigenvalue weighted by Crippen LogP contribution is 2.39.